The second-order valence-electron chi connectivity index (χ2n) is 11.9. The summed E-state index contributed by atoms with van der Waals surface area (Å²) in [7, 11) is 0. The molecule has 12 heteroatoms. The van der Waals surface area contributed by atoms with Crippen LogP contribution in [0.25, 0.3) is 0 Å². The van der Waals surface area contributed by atoms with Crippen LogP contribution in [0.2, 0.25) is 0 Å². The van der Waals surface area contributed by atoms with Crippen molar-refractivity contribution in [1.29, 1.82) is 0 Å². The molecule has 0 spiro atoms. The van der Waals surface area contributed by atoms with Crippen molar-refractivity contribution in [3.05, 3.63) is 12.2 Å². The molecule has 2 N–H and O–H groups in total. The molecule has 0 bridgehead atoms. The largest absolute Gasteiger partial charge is 0.481 e. The van der Waals surface area contributed by atoms with E-state index in [-0.39, 0.29) is 26.4 Å². The molecule has 1 saturated carbocycles. The molecule has 0 aromatic rings. The Kier molecular flexibility index (Phi) is 12.1. The number of carbonyl (C=O) groups is 6. The van der Waals surface area contributed by atoms with Gasteiger partial charge in [0.1, 0.15) is 13.2 Å². The van der Waals surface area contributed by atoms with Crippen LogP contribution < -0.4 is 0 Å². The van der Waals surface area contributed by atoms with Gasteiger partial charge in [-0.2, -0.15) is 0 Å². The van der Waals surface area contributed by atoms with E-state index in [1.54, 1.807) is 27.7 Å². The predicted molar refractivity (Wildman–Crippen MR) is 135 cm³/mol. The van der Waals surface area contributed by atoms with Gasteiger partial charge >= 0.3 is 35.8 Å². The van der Waals surface area contributed by atoms with Gasteiger partial charge < -0.3 is 29.2 Å². The van der Waals surface area contributed by atoms with E-state index in [0.717, 1.165) is 6.08 Å². The topological polar surface area (TPSA) is 180 Å². The molecule has 12 nitrogen and oxygen atoms in total. The smallest absolute Gasteiger partial charge is 0.331 e. The van der Waals surface area contributed by atoms with Crippen LogP contribution in [0.4, 0.5) is 0 Å². The normalized spacial score (nSPS) is 18.2. The van der Waals surface area contributed by atoms with Crippen molar-refractivity contribution in [1.82, 2.24) is 0 Å². The number of hydrogen-bond acceptors (Lipinski definition) is 10. The Morgan fingerprint density at radius 3 is 1.51 bits per heavy atom. The molecule has 0 atom stereocenters. The summed E-state index contributed by atoms with van der Waals surface area (Å²) in [5.74, 6) is -5.65. The summed E-state index contributed by atoms with van der Waals surface area (Å²) in [6, 6.07) is 0. The van der Waals surface area contributed by atoms with Crippen molar-refractivity contribution >= 4 is 35.8 Å². The highest BCUT2D eigenvalue weighted by Crippen LogP contribution is 2.31. The van der Waals surface area contributed by atoms with Crippen molar-refractivity contribution in [3.63, 3.8) is 0 Å². The van der Waals surface area contributed by atoms with Crippen LogP contribution in [0.15, 0.2) is 12.2 Å². The average Bonchev–Trinajstić information content (AvgIpc) is 2.86. The first kappa shape index (κ1) is 33.6. The number of carboxylic acids is 2. The fraction of sp³-hybridized carbons (Fsp3) is 0.704. The lowest BCUT2D eigenvalue weighted by Crippen LogP contribution is -2.38. The van der Waals surface area contributed by atoms with Crippen molar-refractivity contribution in [2.75, 3.05) is 26.4 Å². The highest BCUT2D eigenvalue weighted by molar-refractivity contribution is 5.91. The summed E-state index contributed by atoms with van der Waals surface area (Å²) in [5.41, 5.74) is -3.11. The highest BCUT2D eigenvalue weighted by atomic mass is 16.6. The van der Waals surface area contributed by atoms with Gasteiger partial charge in [0.15, 0.2) is 0 Å². The van der Waals surface area contributed by atoms with Gasteiger partial charge in [0.25, 0.3) is 0 Å². The molecule has 1 aliphatic rings. The summed E-state index contributed by atoms with van der Waals surface area (Å²) in [5, 5.41) is 17.6. The van der Waals surface area contributed by atoms with Gasteiger partial charge in [0, 0.05) is 17.6 Å². The number of carbonyl (C=O) groups excluding carboxylic acids is 4. The number of rotatable bonds is 14. The van der Waals surface area contributed by atoms with Gasteiger partial charge in [-0.15, -0.1) is 0 Å². The van der Waals surface area contributed by atoms with Crippen LogP contribution in [0.3, 0.4) is 0 Å². The van der Waals surface area contributed by atoms with E-state index >= 15 is 0 Å². The molecule has 0 aromatic carbocycles. The molecule has 0 amide bonds. The van der Waals surface area contributed by atoms with Crippen molar-refractivity contribution < 1.29 is 57.9 Å². The Hall–Kier alpha value is -3.44. The van der Waals surface area contributed by atoms with Crippen molar-refractivity contribution in [2.45, 2.75) is 67.2 Å². The molecule has 0 heterocycles. The molecule has 220 valence electrons. The molecule has 0 radical (unpaired) electrons. The zero-order chi connectivity index (χ0) is 30.0. The Labute approximate surface area is 228 Å². The van der Waals surface area contributed by atoms with Crippen LogP contribution in [0.5, 0.6) is 0 Å². The standard InChI is InChI=1S/C27H40O12/c1-25(2,13-38-23(34)26(3,4)15-36-20(30)12-11-19(28)29)14-39-24(35)27(5,6)16-37-22(33)18-9-7-17(8-10-18)21(31)32/h11-12,17-18H,7-10,13-16H2,1-6H3,(H,28,29)(H,31,32)/b12-11-. The number of aliphatic carboxylic acids is 2. The Morgan fingerprint density at radius 1 is 0.641 bits per heavy atom. The van der Waals surface area contributed by atoms with Gasteiger partial charge in [-0.05, 0) is 53.4 Å². The lowest BCUT2D eigenvalue weighted by Gasteiger charge is -2.30. The van der Waals surface area contributed by atoms with Crippen LogP contribution in [0, 0.1) is 28.1 Å². The zero-order valence-corrected chi connectivity index (χ0v) is 23.4. The number of carboxylic acid groups (broad SMARTS) is 2. The number of hydrogen-bond donors (Lipinski definition) is 2. The average molecular weight is 557 g/mol. The van der Waals surface area contributed by atoms with E-state index in [4.69, 9.17) is 29.2 Å². The molecule has 1 fully saturated rings. The summed E-state index contributed by atoms with van der Waals surface area (Å²) in [6.07, 6.45) is 3.02. The van der Waals surface area contributed by atoms with Crippen molar-refractivity contribution in [2.24, 2.45) is 28.1 Å². The molecule has 0 aliphatic heterocycles. The van der Waals surface area contributed by atoms with Gasteiger partial charge in [0.05, 0.1) is 35.9 Å². The van der Waals surface area contributed by atoms with E-state index in [2.05, 4.69) is 0 Å². The Morgan fingerprint density at radius 2 is 1.08 bits per heavy atom. The minimum Gasteiger partial charge on any atom is -0.481 e. The maximum atomic E-state index is 12.7. The van der Waals surface area contributed by atoms with E-state index in [1.165, 1.54) is 13.8 Å². The zero-order valence-electron chi connectivity index (χ0n) is 23.4. The third-order valence-corrected chi connectivity index (χ3v) is 6.22. The monoisotopic (exact) mass is 556 g/mol. The summed E-state index contributed by atoms with van der Waals surface area (Å²) < 4.78 is 21.0. The third kappa shape index (κ3) is 11.9. The maximum Gasteiger partial charge on any atom is 0.331 e. The molecule has 0 saturated heterocycles. The van der Waals surface area contributed by atoms with Crippen molar-refractivity contribution in [3.8, 4) is 0 Å². The summed E-state index contributed by atoms with van der Waals surface area (Å²) in [6.45, 7) is 8.85. The Balaban J connectivity index is 2.48. The predicted octanol–water partition coefficient (Wildman–Crippen LogP) is 2.77. The molecule has 0 aromatic heterocycles. The molecular weight excluding hydrogens is 516 g/mol. The summed E-state index contributed by atoms with van der Waals surface area (Å²) >= 11 is 0. The summed E-state index contributed by atoms with van der Waals surface area (Å²) in [4.78, 5) is 70.7. The quantitative estimate of drug-likeness (QED) is 0.182. The molecular formula is C27H40O12. The van der Waals surface area contributed by atoms with Crippen LogP contribution in [0.1, 0.15) is 67.2 Å². The third-order valence-electron chi connectivity index (χ3n) is 6.22. The van der Waals surface area contributed by atoms with Crippen LogP contribution >= 0.6 is 0 Å². The first-order chi connectivity index (χ1) is 17.9. The highest BCUT2D eigenvalue weighted by Gasteiger charge is 2.37. The second kappa shape index (κ2) is 14.1. The van der Waals surface area contributed by atoms with E-state index < -0.39 is 63.9 Å². The lowest BCUT2D eigenvalue weighted by molar-refractivity contribution is -0.169. The van der Waals surface area contributed by atoms with Gasteiger partial charge in [-0.1, -0.05) is 13.8 Å². The minimum absolute atomic E-state index is 0.0922. The maximum absolute atomic E-state index is 12.7. The molecule has 1 aliphatic carbocycles. The first-order valence-corrected chi connectivity index (χ1v) is 12.7. The number of esters is 4. The minimum atomic E-state index is -1.31. The fourth-order valence-corrected chi connectivity index (χ4v) is 3.46. The van der Waals surface area contributed by atoms with Gasteiger partial charge in [-0.25, -0.2) is 9.59 Å². The van der Waals surface area contributed by atoms with E-state index in [9.17, 15) is 28.8 Å². The molecule has 39 heavy (non-hydrogen) atoms. The lowest BCUT2D eigenvalue weighted by atomic mass is 9.82. The van der Waals surface area contributed by atoms with E-state index in [0.29, 0.717) is 31.8 Å². The van der Waals surface area contributed by atoms with Crippen LogP contribution in [-0.2, 0) is 47.7 Å². The fourth-order valence-electron chi connectivity index (χ4n) is 3.46. The van der Waals surface area contributed by atoms with Gasteiger partial charge in [0.2, 0.25) is 0 Å². The molecule has 1 rings (SSSR count). The second-order valence-corrected chi connectivity index (χ2v) is 11.9. The molecule has 0 unspecified atom stereocenters. The number of ether oxygens (including phenoxy) is 4. The van der Waals surface area contributed by atoms with Gasteiger partial charge in [-0.3, -0.25) is 19.2 Å². The first-order valence-electron chi connectivity index (χ1n) is 12.7. The SMILES string of the molecule is CC(C)(COC(=O)C(C)(C)COC(=O)/C=C\C(=O)O)COC(=O)C(C)(C)COC(=O)C1CCC(C(=O)O)CC1. The van der Waals surface area contributed by atoms with Crippen LogP contribution in [-0.4, -0.2) is 72.5 Å². The van der Waals surface area contributed by atoms with E-state index in [1.807, 2.05) is 0 Å². The Bertz CT molecular complexity index is 952.